The lowest BCUT2D eigenvalue weighted by Crippen LogP contribution is -2.30. The summed E-state index contributed by atoms with van der Waals surface area (Å²) in [6, 6.07) is 8.73. The second kappa shape index (κ2) is 7.01. The Balaban J connectivity index is 2.34. The lowest BCUT2D eigenvalue weighted by Gasteiger charge is -2.24. The first-order chi connectivity index (χ1) is 8.81. The third kappa shape index (κ3) is 5.70. The first kappa shape index (κ1) is 16.1. The molecule has 0 amide bonds. The van der Waals surface area contributed by atoms with Crippen molar-refractivity contribution in [2.45, 2.75) is 40.2 Å². The summed E-state index contributed by atoms with van der Waals surface area (Å²) in [6.45, 7) is 8.42. The van der Waals surface area contributed by atoms with Crippen LogP contribution in [0.4, 0.5) is 0 Å². The minimum absolute atomic E-state index is 0.0277. The van der Waals surface area contributed by atoms with Crippen LogP contribution in [-0.4, -0.2) is 23.5 Å². The van der Waals surface area contributed by atoms with Gasteiger partial charge in [-0.05, 0) is 38.9 Å². The molecule has 1 aromatic rings. The molecule has 0 fully saturated rings. The highest BCUT2D eigenvalue weighted by atomic mass is 32.1. The van der Waals surface area contributed by atoms with E-state index in [1.165, 1.54) is 11.1 Å². The maximum absolute atomic E-state index is 5.74. The molecule has 0 heterocycles. The maximum atomic E-state index is 5.74. The molecular weight excluding hydrogens is 252 g/mol. The monoisotopic (exact) mass is 278 g/mol. The van der Waals surface area contributed by atoms with Gasteiger partial charge in [-0.1, -0.05) is 55.9 Å². The quantitative estimate of drug-likeness (QED) is 0.774. The fourth-order valence-corrected chi connectivity index (χ4v) is 2.10. The van der Waals surface area contributed by atoms with Crippen LogP contribution in [0.15, 0.2) is 24.3 Å². The Morgan fingerprint density at radius 2 is 1.84 bits per heavy atom. The third-order valence-electron chi connectivity index (χ3n) is 3.58. The largest absolute Gasteiger partial charge is 0.393 e. The standard InChI is InChI=1S/C16H26N2S/c1-13-6-8-14(9-7-13)12-18(4)11-5-10-16(2,3)15(17)19/h6-9H,5,10-12H2,1-4H3,(H2,17,19). The molecule has 19 heavy (non-hydrogen) atoms. The average Bonchev–Trinajstić information content (AvgIpc) is 2.31. The highest BCUT2D eigenvalue weighted by molar-refractivity contribution is 7.80. The Bertz CT molecular complexity index is 409. The van der Waals surface area contributed by atoms with E-state index in [9.17, 15) is 0 Å². The molecule has 0 aliphatic rings. The molecule has 0 atom stereocenters. The molecule has 0 aliphatic carbocycles. The molecule has 106 valence electrons. The van der Waals surface area contributed by atoms with Gasteiger partial charge in [-0.2, -0.15) is 0 Å². The molecule has 1 rings (SSSR count). The van der Waals surface area contributed by atoms with Crippen LogP contribution in [0, 0.1) is 12.3 Å². The van der Waals surface area contributed by atoms with Crippen LogP contribution in [0.25, 0.3) is 0 Å². The number of nitrogens with zero attached hydrogens (tertiary/aromatic N) is 1. The number of nitrogens with two attached hydrogens (primary N) is 1. The molecular formula is C16H26N2S. The molecule has 2 N–H and O–H groups in total. The first-order valence-electron chi connectivity index (χ1n) is 6.85. The lowest BCUT2D eigenvalue weighted by atomic mass is 9.88. The van der Waals surface area contributed by atoms with Crippen LogP contribution in [0.3, 0.4) is 0 Å². The number of hydrogen-bond donors (Lipinski definition) is 1. The van der Waals surface area contributed by atoms with Crippen LogP contribution in [-0.2, 0) is 6.54 Å². The van der Waals surface area contributed by atoms with Crippen LogP contribution < -0.4 is 5.73 Å². The second-order valence-electron chi connectivity index (χ2n) is 6.08. The van der Waals surface area contributed by atoms with E-state index in [0.717, 1.165) is 25.9 Å². The highest BCUT2D eigenvalue weighted by Crippen LogP contribution is 2.22. The van der Waals surface area contributed by atoms with Crippen molar-refractivity contribution in [3.05, 3.63) is 35.4 Å². The average molecular weight is 278 g/mol. The van der Waals surface area contributed by atoms with Gasteiger partial charge in [-0.3, -0.25) is 0 Å². The molecule has 0 aliphatic heterocycles. The predicted molar refractivity (Wildman–Crippen MR) is 87.3 cm³/mol. The summed E-state index contributed by atoms with van der Waals surface area (Å²) in [4.78, 5) is 2.97. The predicted octanol–water partition coefficient (Wildman–Crippen LogP) is 3.52. The smallest absolute Gasteiger partial charge is 0.0784 e. The molecule has 0 spiro atoms. The fourth-order valence-electron chi connectivity index (χ4n) is 2.00. The van der Waals surface area contributed by atoms with Gasteiger partial charge in [0, 0.05) is 12.0 Å². The van der Waals surface area contributed by atoms with Crippen molar-refractivity contribution in [1.29, 1.82) is 0 Å². The number of hydrogen-bond acceptors (Lipinski definition) is 2. The van der Waals surface area contributed by atoms with Crippen molar-refractivity contribution in [2.24, 2.45) is 11.1 Å². The normalized spacial score (nSPS) is 11.8. The van der Waals surface area contributed by atoms with Gasteiger partial charge in [0.25, 0.3) is 0 Å². The third-order valence-corrected chi connectivity index (χ3v) is 4.13. The van der Waals surface area contributed by atoms with E-state index in [-0.39, 0.29) is 5.41 Å². The molecule has 0 saturated carbocycles. The minimum Gasteiger partial charge on any atom is -0.393 e. The van der Waals surface area contributed by atoms with E-state index in [1.807, 2.05) is 0 Å². The van der Waals surface area contributed by atoms with Crippen LogP contribution in [0.5, 0.6) is 0 Å². The summed E-state index contributed by atoms with van der Waals surface area (Å²) >= 11 is 5.09. The van der Waals surface area contributed by atoms with E-state index >= 15 is 0 Å². The molecule has 3 heteroatoms. The highest BCUT2D eigenvalue weighted by Gasteiger charge is 2.20. The zero-order valence-electron chi connectivity index (χ0n) is 12.6. The molecule has 0 unspecified atom stereocenters. The van der Waals surface area contributed by atoms with Crippen LogP contribution in [0.1, 0.15) is 37.8 Å². The van der Waals surface area contributed by atoms with Gasteiger partial charge in [0.1, 0.15) is 0 Å². The molecule has 0 bridgehead atoms. The Morgan fingerprint density at radius 1 is 1.26 bits per heavy atom. The number of thiocarbonyl (C=S) groups is 1. The summed E-state index contributed by atoms with van der Waals surface area (Å²) in [6.07, 6.45) is 2.16. The van der Waals surface area contributed by atoms with Crippen molar-refractivity contribution in [3.63, 3.8) is 0 Å². The molecule has 2 nitrogen and oxygen atoms in total. The van der Waals surface area contributed by atoms with Gasteiger partial charge in [0.15, 0.2) is 0 Å². The van der Waals surface area contributed by atoms with E-state index in [4.69, 9.17) is 18.0 Å². The van der Waals surface area contributed by atoms with Crippen molar-refractivity contribution in [1.82, 2.24) is 4.90 Å². The summed E-state index contributed by atoms with van der Waals surface area (Å²) in [5.74, 6) is 0. The van der Waals surface area contributed by atoms with Crippen molar-refractivity contribution < 1.29 is 0 Å². The number of rotatable bonds is 7. The SMILES string of the molecule is Cc1ccc(CN(C)CCCC(C)(C)C(N)=S)cc1. The molecule has 0 aromatic heterocycles. The number of aryl methyl sites for hydroxylation is 1. The molecule has 0 saturated heterocycles. The van der Waals surface area contributed by atoms with Gasteiger partial charge >= 0.3 is 0 Å². The van der Waals surface area contributed by atoms with E-state index in [2.05, 4.69) is 57.0 Å². The topological polar surface area (TPSA) is 29.3 Å². The number of benzene rings is 1. The maximum Gasteiger partial charge on any atom is 0.0784 e. The summed E-state index contributed by atoms with van der Waals surface area (Å²) in [7, 11) is 2.16. The van der Waals surface area contributed by atoms with Gasteiger partial charge in [-0.25, -0.2) is 0 Å². The van der Waals surface area contributed by atoms with Gasteiger partial charge < -0.3 is 10.6 Å². The molecule has 1 aromatic carbocycles. The Labute approximate surface area is 123 Å². The van der Waals surface area contributed by atoms with Crippen molar-refractivity contribution in [3.8, 4) is 0 Å². The zero-order chi connectivity index (χ0) is 14.5. The molecule has 0 radical (unpaired) electrons. The Kier molecular flexibility index (Phi) is 5.95. The van der Waals surface area contributed by atoms with Crippen molar-refractivity contribution in [2.75, 3.05) is 13.6 Å². The van der Waals surface area contributed by atoms with Crippen LogP contribution >= 0.6 is 12.2 Å². The summed E-state index contributed by atoms with van der Waals surface area (Å²) in [5, 5.41) is 0. The van der Waals surface area contributed by atoms with E-state index < -0.39 is 0 Å². The zero-order valence-corrected chi connectivity index (χ0v) is 13.4. The van der Waals surface area contributed by atoms with E-state index in [0.29, 0.717) is 4.99 Å². The minimum atomic E-state index is -0.0277. The fraction of sp³-hybridized carbons (Fsp3) is 0.562. The summed E-state index contributed by atoms with van der Waals surface area (Å²) < 4.78 is 0. The Hall–Kier alpha value is -0.930. The Morgan fingerprint density at radius 3 is 2.37 bits per heavy atom. The van der Waals surface area contributed by atoms with Gasteiger partial charge in [-0.15, -0.1) is 0 Å². The first-order valence-corrected chi connectivity index (χ1v) is 7.26. The van der Waals surface area contributed by atoms with Crippen molar-refractivity contribution >= 4 is 17.2 Å². The summed E-state index contributed by atoms with van der Waals surface area (Å²) in [5.41, 5.74) is 8.39. The van der Waals surface area contributed by atoms with E-state index in [1.54, 1.807) is 0 Å². The van der Waals surface area contributed by atoms with Crippen LogP contribution in [0.2, 0.25) is 0 Å². The lowest BCUT2D eigenvalue weighted by molar-refractivity contribution is 0.301. The van der Waals surface area contributed by atoms with Gasteiger partial charge in [0.05, 0.1) is 4.99 Å². The second-order valence-corrected chi connectivity index (χ2v) is 6.51. The van der Waals surface area contributed by atoms with Gasteiger partial charge in [0.2, 0.25) is 0 Å².